The Morgan fingerprint density at radius 2 is 2.05 bits per heavy atom. The lowest BCUT2D eigenvalue weighted by molar-refractivity contribution is 0.413. The molecule has 3 rings (SSSR count). The highest BCUT2D eigenvalue weighted by atomic mass is 16.5. The zero-order valence-electron chi connectivity index (χ0n) is 12.7. The molecule has 1 atom stereocenters. The van der Waals surface area contributed by atoms with E-state index in [1.54, 1.807) is 7.11 Å². The van der Waals surface area contributed by atoms with Gasteiger partial charge in [-0.3, -0.25) is 4.68 Å². The summed E-state index contributed by atoms with van der Waals surface area (Å²) < 4.78 is 7.18. The van der Waals surface area contributed by atoms with E-state index in [1.165, 1.54) is 24.1 Å². The predicted octanol–water partition coefficient (Wildman–Crippen LogP) is 2.71. The molecule has 1 heterocycles. The molecule has 1 aromatic heterocycles. The third-order valence-electron chi connectivity index (χ3n) is 4.24. The highest BCUT2D eigenvalue weighted by molar-refractivity contribution is 5.30. The van der Waals surface area contributed by atoms with Gasteiger partial charge in [-0.05, 0) is 42.5 Å². The van der Waals surface area contributed by atoms with Gasteiger partial charge in [0, 0.05) is 37.9 Å². The van der Waals surface area contributed by atoms with Crippen molar-refractivity contribution in [2.75, 3.05) is 13.7 Å². The molecular formula is C17H23N3O. The molecule has 4 heteroatoms. The summed E-state index contributed by atoms with van der Waals surface area (Å²) in [6.45, 7) is 0.979. The molecule has 0 spiro atoms. The first-order chi connectivity index (χ1) is 10.3. The first-order valence-corrected chi connectivity index (χ1v) is 7.62. The van der Waals surface area contributed by atoms with Gasteiger partial charge in [0.25, 0.3) is 0 Å². The molecule has 112 valence electrons. The minimum atomic E-state index is 0.462. The second-order valence-corrected chi connectivity index (χ2v) is 5.74. The number of benzene rings is 1. The van der Waals surface area contributed by atoms with Gasteiger partial charge in [-0.15, -0.1) is 0 Å². The van der Waals surface area contributed by atoms with E-state index in [9.17, 15) is 0 Å². The van der Waals surface area contributed by atoms with E-state index in [-0.39, 0.29) is 0 Å². The van der Waals surface area contributed by atoms with Gasteiger partial charge in [-0.2, -0.15) is 5.10 Å². The average molecular weight is 285 g/mol. The Balaban J connectivity index is 1.60. The largest absolute Gasteiger partial charge is 0.497 e. The first-order valence-electron chi connectivity index (χ1n) is 7.62. The Hall–Kier alpha value is -1.81. The van der Waals surface area contributed by atoms with Crippen LogP contribution in [-0.4, -0.2) is 23.4 Å². The summed E-state index contributed by atoms with van der Waals surface area (Å²) in [7, 11) is 3.71. The number of nitrogens with one attached hydrogen (secondary N) is 1. The average Bonchev–Trinajstić information content (AvgIpc) is 3.27. The molecule has 1 unspecified atom stereocenters. The molecule has 1 N–H and O–H groups in total. The van der Waals surface area contributed by atoms with Gasteiger partial charge < -0.3 is 10.1 Å². The van der Waals surface area contributed by atoms with E-state index >= 15 is 0 Å². The van der Waals surface area contributed by atoms with Gasteiger partial charge in [0.15, 0.2) is 0 Å². The topological polar surface area (TPSA) is 39.1 Å². The number of nitrogens with zero attached hydrogens (tertiary/aromatic N) is 2. The highest BCUT2D eigenvalue weighted by Crippen LogP contribution is 2.41. The SMILES string of the molecule is COc1ccc(C(NCCc2ccnn2C)C2CC2)cc1. The fraction of sp³-hybridized carbons (Fsp3) is 0.471. The molecule has 0 radical (unpaired) electrons. The third-order valence-corrected chi connectivity index (χ3v) is 4.24. The van der Waals surface area contributed by atoms with E-state index in [0.717, 1.165) is 24.6 Å². The molecule has 1 aliphatic carbocycles. The normalized spacial score (nSPS) is 15.9. The van der Waals surface area contributed by atoms with Crippen molar-refractivity contribution in [2.24, 2.45) is 13.0 Å². The van der Waals surface area contributed by atoms with Crippen molar-refractivity contribution in [1.82, 2.24) is 15.1 Å². The number of methoxy groups -OCH3 is 1. The van der Waals surface area contributed by atoms with E-state index < -0.39 is 0 Å². The molecule has 1 fully saturated rings. The fourth-order valence-electron chi connectivity index (χ4n) is 2.80. The quantitative estimate of drug-likeness (QED) is 0.850. The Morgan fingerprint density at radius 3 is 2.62 bits per heavy atom. The van der Waals surface area contributed by atoms with Crippen LogP contribution in [0.3, 0.4) is 0 Å². The summed E-state index contributed by atoms with van der Waals surface area (Å²) >= 11 is 0. The zero-order valence-corrected chi connectivity index (χ0v) is 12.7. The monoisotopic (exact) mass is 285 g/mol. The summed E-state index contributed by atoms with van der Waals surface area (Å²) in [5, 5.41) is 7.93. The zero-order chi connectivity index (χ0) is 14.7. The maximum atomic E-state index is 5.24. The van der Waals surface area contributed by atoms with Crippen molar-refractivity contribution >= 4 is 0 Å². The standard InChI is InChI=1S/C17H23N3O/c1-20-15(10-12-19-20)9-11-18-17(13-3-4-13)14-5-7-16(21-2)8-6-14/h5-8,10,12-13,17-18H,3-4,9,11H2,1-2H3. The lowest BCUT2D eigenvalue weighted by Gasteiger charge is -2.19. The third kappa shape index (κ3) is 3.45. The van der Waals surface area contributed by atoms with Crippen LogP contribution in [0.5, 0.6) is 5.75 Å². The summed E-state index contributed by atoms with van der Waals surface area (Å²) in [5.74, 6) is 1.70. The molecule has 1 aromatic carbocycles. The molecule has 0 aliphatic heterocycles. The van der Waals surface area contributed by atoms with Crippen LogP contribution in [0.25, 0.3) is 0 Å². The molecule has 1 saturated carbocycles. The Bertz CT molecular complexity index is 572. The smallest absolute Gasteiger partial charge is 0.118 e. The maximum Gasteiger partial charge on any atom is 0.118 e. The van der Waals surface area contributed by atoms with Crippen LogP contribution in [0.2, 0.25) is 0 Å². The van der Waals surface area contributed by atoms with Crippen molar-refractivity contribution in [3.05, 3.63) is 47.8 Å². The Kier molecular flexibility index (Phi) is 4.25. The van der Waals surface area contributed by atoms with Crippen LogP contribution in [0.4, 0.5) is 0 Å². The number of rotatable bonds is 7. The molecular weight excluding hydrogens is 262 g/mol. The van der Waals surface area contributed by atoms with Crippen molar-refractivity contribution in [3.63, 3.8) is 0 Å². The fourth-order valence-corrected chi connectivity index (χ4v) is 2.80. The van der Waals surface area contributed by atoms with E-state index in [4.69, 9.17) is 4.74 Å². The Labute approximate surface area is 126 Å². The second-order valence-electron chi connectivity index (χ2n) is 5.74. The van der Waals surface area contributed by atoms with Gasteiger partial charge in [0.1, 0.15) is 5.75 Å². The number of aromatic nitrogens is 2. The first kappa shape index (κ1) is 14.1. The lowest BCUT2D eigenvalue weighted by atomic mass is 10.0. The number of hydrogen-bond acceptors (Lipinski definition) is 3. The lowest BCUT2D eigenvalue weighted by Crippen LogP contribution is -2.25. The molecule has 4 nitrogen and oxygen atoms in total. The van der Waals surface area contributed by atoms with Gasteiger partial charge in [-0.1, -0.05) is 12.1 Å². The molecule has 0 saturated heterocycles. The number of ether oxygens (including phenoxy) is 1. The van der Waals surface area contributed by atoms with Crippen LogP contribution in [0.1, 0.15) is 30.1 Å². The van der Waals surface area contributed by atoms with Crippen LogP contribution in [0.15, 0.2) is 36.5 Å². The van der Waals surface area contributed by atoms with E-state index in [1.807, 2.05) is 30.1 Å². The number of hydrogen-bond donors (Lipinski definition) is 1. The van der Waals surface area contributed by atoms with Crippen molar-refractivity contribution in [1.29, 1.82) is 0 Å². The van der Waals surface area contributed by atoms with Gasteiger partial charge >= 0.3 is 0 Å². The summed E-state index contributed by atoms with van der Waals surface area (Å²) in [5.41, 5.74) is 2.63. The van der Waals surface area contributed by atoms with Crippen LogP contribution >= 0.6 is 0 Å². The van der Waals surface area contributed by atoms with Crippen LogP contribution in [-0.2, 0) is 13.5 Å². The highest BCUT2D eigenvalue weighted by Gasteiger charge is 2.31. The van der Waals surface area contributed by atoms with Crippen molar-refractivity contribution < 1.29 is 4.74 Å². The predicted molar refractivity (Wildman–Crippen MR) is 83.4 cm³/mol. The summed E-state index contributed by atoms with van der Waals surface area (Å²) in [4.78, 5) is 0. The molecule has 21 heavy (non-hydrogen) atoms. The summed E-state index contributed by atoms with van der Waals surface area (Å²) in [6.07, 6.45) is 5.53. The van der Waals surface area contributed by atoms with Gasteiger partial charge in [0.2, 0.25) is 0 Å². The minimum Gasteiger partial charge on any atom is -0.497 e. The molecule has 0 amide bonds. The van der Waals surface area contributed by atoms with Crippen molar-refractivity contribution in [3.8, 4) is 5.75 Å². The van der Waals surface area contributed by atoms with Gasteiger partial charge in [-0.25, -0.2) is 0 Å². The maximum absolute atomic E-state index is 5.24. The van der Waals surface area contributed by atoms with E-state index in [0.29, 0.717) is 6.04 Å². The minimum absolute atomic E-state index is 0.462. The number of aryl methyl sites for hydroxylation is 1. The van der Waals surface area contributed by atoms with E-state index in [2.05, 4.69) is 28.6 Å². The van der Waals surface area contributed by atoms with Gasteiger partial charge in [0.05, 0.1) is 7.11 Å². The second kappa shape index (κ2) is 6.31. The van der Waals surface area contributed by atoms with Crippen LogP contribution < -0.4 is 10.1 Å². The summed E-state index contributed by atoms with van der Waals surface area (Å²) in [6, 6.07) is 11.0. The van der Waals surface area contributed by atoms with Crippen molar-refractivity contribution in [2.45, 2.75) is 25.3 Å². The Morgan fingerprint density at radius 1 is 1.29 bits per heavy atom. The molecule has 0 bridgehead atoms. The molecule has 1 aliphatic rings. The molecule has 2 aromatic rings. The van der Waals surface area contributed by atoms with Crippen LogP contribution in [0, 0.1) is 5.92 Å².